The van der Waals surface area contributed by atoms with Gasteiger partial charge in [-0.05, 0) is 19.3 Å². The summed E-state index contributed by atoms with van der Waals surface area (Å²) < 4.78 is 26.3. The highest BCUT2D eigenvalue weighted by Gasteiger charge is 2.26. The Balaban J connectivity index is 2.68. The minimum absolute atomic E-state index is 0.0387. The average molecular weight is 313 g/mol. The highest BCUT2D eigenvalue weighted by atomic mass is 35.5. The van der Waals surface area contributed by atoms with Gasteiger partial charge in [-0.3, -0.25) is 0 Å². The number of nitrogens with zero attached hydrogens (tertiary/aromatic N) is 1. The molecule has 0 aromatic carbocycles. The van der Waals surface area contributed by atoms with Crippen molar-refractivity contribution in [3.63, 3.8) is 0 Å². The van der Waals surface area contributed by atoms with E-state index in [4.69, 9.17) is 11.6 Å². The van der Waals surface area contributed by atoms with Crippen LogP contribution in [0.3, 0.4) is 0 Å². The first-order valence-corrected chi connectivity index (χ1v) is 8.13. The van der Waals surface area contributed by atoms with Crippen molar-refractivity contribution in [3.8, 4) is 0 Å². The quantitative estimate of drug-likeness (QED) is 0.840. The maximum atomic E-state index is 11.9. The molecular formula is C10H17ClN2O3S2. The van der Waals surface area contributed by atoms with Gasteiger partial charge in [0, 0.05) is 6.54 Å². The normalized spacial score (nSPS) is 15.9. The number of rotatable bonds is 6. The van der Waals surface area contributed by atoms with Gasteiger partial charge in [-0.2, -0.15) is 0 Å². The highest BCUT2D eigenvalue weighted by molar-refractivity contribution is 7.91. The second-order valence-corrected chi connectivity index (χ2v) is 8.46. The van der Waals surface area contributed by atoms with Gasteiger partial charge in [-0.15, -0.1) is 0 Å². The molecule has 1 rings (SSSR count). The summed E-state index contributed by atoms with van der Waals surface area (Å²) in [7, 11) is -3.65. The van der Waals surface area contributed by atoms with Crippen molar-refractivity contribution >= 4 is 33.0 Å². The number of thiazole rings is 1. The molecule has 0 spiro atoms. The standard InChI is InChI=1S/C10H17ClN2O3S2/c1-7(2)4-10(3,14)6-13-18(15,16)8-5-12-9(11)17-8/h5,7,13-14H,4,6H2,1-3H3. The van der Waals surface area contributed by atoms with Crippen LogP contribution in [0.4, 0.5) is 0 Å². The Kier molecular flexibility index (Phi) is 5.13. The van der Waals surface area contributed by atoms with Gasteiger partial charge in [0.05, 0.1) is 11.8 Å². The molecule has 1 aromatic rings. The van der Waals surface area contributed by atoms with Crippen LogP contribution < -0.4 is 4.72 Å². The van der Waals surface area contributed by atoms with E-state index < -0.39 is 15.6 Å². The lowest BCUT2D eigenvalue weighted by atomic mass is 9.95. The number of aromatic nitrogens is 1. The molecule has 0 bridgehead atoms. The minimum Gasteiger partial charge on any atom is -0.389 e. The van der Waals surface area contributed by atoms with E-state index in [9.17, 15) is 13.5 Å². The lowest BCUT2D eigenvalue weighted by molar-refractivity contribution is 0.0437. The predicted octanol–water partition coefficient (Wildman–Crippen LogP) is 1.87. The summed E-state index contributed by atoms with van der Waals surface area (Å²) >= 11 is 6.47. The van der Waals surface area contributed by atoms with Crippen molar-refractivity contribution in [2.75, 3.05) is 6.54 Å². The van der Waals surface area contributed by atoms with Crippen LogP contribution >= 0.6 is 22.9 Å². The van der Waals surface area contributed by atoms with E-state index in [1.807, 2.05) is 13.8 Å². The van der Waals surface area contributed by atoms with Crippen LogP contribution in [0, 0.1) is 5.92 Å². The maximum Gasteiger partial charge on any atom is 0.251 e. The zero-order valence-corrected chi connectivity index (χ0v) is 12.9. The molecule has 8 heteroatoms. The van der Waals surface area contributed by atoms with Crippen molar-refractivity contribution < 1.29 is 13.5 Å². The van der Waals surface area contributed by atoms with Crippen LogP contribution in [0.25, 0.3) is 0 Å². The number of hydrogen-bond donors (Lipinski definition) is 2. The van der Waals surface area contributed by atoms with Gasteiger partial charge < -0.3 is 5.11 Å². The number of sulfonamides is 1. The third-order valence-corrected chi connectivity index (χ3v) is 5.19. The van der Waals surface area contributed by atoms with Crippen molar-refractivity contribution in [1.29, 1.82) is 0 Å². The van der Waals surface area contributed by atoms with E-state index in [2.05, 4.69) is 9.71 Å². The Bertz CT molecular complexity index is 497. The first-order chi connectivity index (χ1) is 8.12. The summed E-state index contributed by atoms with van der Waals surface area (Å²) in [6.07, 6.45) is 1.71. The van der Waals surface area contributed by atoms with Crippen LogP contribution in [-0.2, 0) is 10.0 Å². The molecular weight excluding hydrogens is 296 g/mol. The molecule has 0 fully saturated rings. The molecule has 1 aromatic heterocycles. The summed E-state index contributed by atoms with van der Waals surface area (Å²) in [5.74, 6) is 0.280. The first-order valence-electron chi connectivity index (χ1n) is 5.46. The van der Waals surface area contributed by atoms with Crippen LogP contribution in [-0.4, -0.2) is 30.7 Å². The largest absolute Gasteiger partial charge is 0.389 e. The molecule has 1 atom stereocenters. The molecule has 1 heterocycles. The Morgan fingerprint density at radius 2 is 2.22 bits per heavy atom. The van der Waals surface area contributed by atoms with Crippen molar-refractivity contribution in [2.45, 2.75) is 37.0 Å². The lowest BCUT2D eigenvalue weighted by Gasteiger charge is -2.25. The molecule has 0 saturated carbocycles. The van der Waals surface area contributed by atoms with Crippen LogP contribution in [0.2, 0.25) is 4.47 Å². The summed E-state index contributed by atoms with van der Waals surface area (Å²) in [5.41, 5.74) is -1.07. The lowest BCUT2D eigenvalue weighted by Crippen LogP contribution is -2.41. The topological polar surface area (TPSA) is 79.3 Å². The van der Waals surface area contributed by atoms with E-state index in [1.54, 1.807) is 6.92 Å². The Morgan fingerprint density at radius 1 is 1.61 bits per heavy atom. The average Bonchev–Trinajstić information content (AvgIpc) is 2.61. The van der Waals surface area contributed by atoms with Crippen LogP contribution in [0.1, 0.15) is 27.2 Å². The van der Waals surface area contributed by atoms with Gasteiger partial charge in [0.15, 0.2) is 8.68 Å². The van der Waals surface area contributed by atoms with Gasteiger partial charge >= 0.3 is 0 Å². The van der Waals surface area contributed by atoms with E-state index >= 15 is 0 Å². The third kappa shape index (κ3) is 4.81. The van der Waals surface area contributed by atoms with Crippen molar-refractivity contribution in [1.82, 2.24) is 9.71 Å². The molecule has 0 radical (unpaired) electrons. The van der Waals surface area contributed by atoms with E-state index in [0.717, 1.165) is 11.3 Å². The summed E-state index contributed by atoms with van der Waals surface area (Å²) in [6.45, 7) is 5.50. The smallest absolute Gasteiger partial charge is 0.251 e. The van der Waals surface area contributed by atoms with Gasteiger partial charge in [-0.25, -0.2) is 18.1 Å². The molecule has 104 valence electrons. The molecule has 5 nitrogen and oxygen atoms in total. The van der Waals surface area contributed by atoms with Gasteiger partial charge in [-0.1, -0.05) is 36.8 Å². The third-order valence-electron chi connectivity index (χ3n) is 2.21. The van der Waals surface area contributed by atoms with Crippen LogP contribution in [0.15, 0.2) is 10.4 Å². The van der Waals surface area contributed by atoms with Crippen molar-refractivity contribution in [3.05, 3.63) is 10.7 Å². The SMILES string of the molecule is CC(C)CC(C)(O)CNS(=O)(=O)c1cnc(Cl)s1. The zero-order valence-electron chi connectivity index (χ0n) is 10.5. The number of aliphatic hydroxyl groups is 1. The van der Waals surface area contributed by atoms with E-state index in [0.29, 0.717) is 6.42 Å². The molecule has 1 unspecified atom stereocenters. The van der Waals surface area contributed by atoms with Gasteiger partial charge in [0.1, 0.15) is 0 Å². The molecule has 18 heavy (non-hydrogen) atoms. The molecule has 2 N–H and O–H groups in total. The maximum absolute atomic E-state index is 11.9. The molecule has 0 aliphatic rings. The number of nitrogens with one attached hydrogen (secondary N) is 1. The Morgan fingerprint density at radius 3 is 2.67 bits per heavy atom. The summed E-state index contributed by atoms with van der Waals surface area (Å²) in [6, 6.07) is 0. The molecule has 0 saturated heterocycles. The zero-order chi connectivity index (χ0) is 14.0. The number of halogens is 1. The van der Waals surface area contributed by atoms with Crippen molar-refractivity contribution in [2.24, 2.45) is 5.92 Å². The summed E-state index contributed by atoms with van der Waals surface area (Å²) in [5, 5.41) is 10.0. The fourth-order valence-corrected chi connectivity index (χ4v) is 4.14. The Hall–Kier alpha value is -0.210. The fraction of sp³-hybridized carbons (Fsp3) is 0.700. The van der Waals surface area contributed by atoms with E-state index in [1.165, 1.54) is 6.20 Å². The van der Waals surface area contributed by atoms with E-state index in [-0.39, 0.29) is 21.1 Å². The molecule has 0 amide bonds. The molecule has 0 aliphatic heterocycles. The minimum atomic E-state index is -3.65. The second kappa shape index (κ2) is 5.83. The van der Waals surface area contributed by atoms with Gasteiger partial charge in [0.2, 0.25) is 0 Å². The van der Waals surface area contributed by atoms with Gasteiger partial charge in [0.25, 0.3) is 10.0 Å². The summed E-state index contributed by atoms with van der Waals surface area (Å²) in [4.78, 5) is 3.68. The fourth-order valence-electron chi connectivity index (χ4n) is 1.64. The Labute approximate surface area is 116 Å². The van der Waals surface area contributed by atoms with Crippen LogP contribution in [0.5, 0.6) is 0 Å². The monoisotopic (exact) mass is 312 g/mol. The predicted molar refractivity (Wildman–Crippen MR) is 72.4 cm³/mol. The molecule has 0 aliphatic carbocycles. The second-order valence-electron chi connectivity index (χ2n) is 4.85. The number of hydrogen-bond acceptors (Lipinski definition) is 5. The first kappa shape index (κ1) is 15.8. The highest BCUT2D eigenvalue weighted by Crippen LogP contribution is 2.23.